The van der Waals surface area contributed by atoms with E-state index < -0.39 is 11.5 Å². The molecule has 184 valence electrons. The number of likely N-dealkylation sites (N-methyl/N-ethyl adjacent to an activating group) is 2. The second kappa shape index (κ2) is 11.8. The van der Waals surface area contributed by atoms with Crippen LogP contribution < -0.4 is 5.32 Å². The number of amides is 2. The van der Waals surface area contributed by atoms with E-state index in [1.165, 1.54) is 0 Å². The van der Waals surface area contributed by atoms with E-state index in [1.54, 1.807) is 31.9 Å². The highest BCUT2D eigenvalue weighted by molar-refractivity contribution is 5.91. The first-order chi connectivity index (χ1) is 14.7. The van der Waals surface area contributed by atoms with Gasteiger partial charge in [-0.2, -0.15) is 0 Å². The van der Waals surface area contributed by atoms with Gasteiger partial charge in [-0.05, 0) is 51.0 Å². The monoisotopic (exact) mass is 451 g/mol. The molecular weight excluding hydrogens is 406 g/mol. The molecule has 1 aliphatic heterocycles. The summed E-state index contributed by atoms with van der Waals surface area (Å²) in [5.41, 5.74) is 0.00247. The molecule has 1 fully saturated rings. The van der Waals surface area contributed by atoms with Crippen LogP contribution in [0.5, 0.6) is 0 Å². The Balaban J connectivity index is 3.10. The first-order valence-corrected chi connectivity index (χ1v) is 11.8. The minimum Gasteiger partial charge on any atom is -0.463 e. The zero-order valence-corrected chi connectivity index (χ0v) is 21.8. The number of hydrogen-bond acceptors (Lipinski definition) is 5. The van der Waals surface area contributed by atoms with Crippen LogP contribution >= 0.6 is 0 Å². The molecule has 1 heterocycles. The highest BCUT2D eigenvalue weighted by Crippen LogP contribution is 2.25. The lowest BCUT2D eigenvalue weighted by atomic mass is 9.84. The highest BCUT2D eigenvalue weighted by atomic mass is 16.5. The Morgan fingerprint density at radius 1 is 1.22 bits per heavy atom. The number of nitrogens with zero attached hydrogens (tertiary/aromatic N) is 2. The first-order valence-electron chi connectivity index (χ1n) is 11.8. The van der Waals surface area contributed by atoms with Gasteiger partial charge in [-0.1, -0.05) is 47.6 Å². The van der Waals surface area contributed by atoms with Crippen molar-refractivity contribution in [3.05, 3.63) is 11.6 Å². The maximum Gasteiger partial charge on any atom is 0.333 e. The van der Waals surface area contributed by atoms with E-state index >= 15 is 0 Å². The summed E-state index contributed by atoms with van der Waals surface area (Å²) in [5, 5.41) is 3.06. The zero-order chi connectivity index (χ0) is 24.8. The number of hydrogen-bond donors (Lipinski definition) is 1. The second-order valence-electron chi connectivity index (χ2n) is 10.7. The fourth-order valence-electron chi connectivity index (χ4n) is 4.26. The van der Waals surface area contributed by atoms with E-state index in [4.69, 9.17) is 4.74 Å². The van der Waals surface area contributed by atoms with Gasteiger partial charge in [-0.25, -0.2) is 4.79 Å². The Morgan fingerprint density at radius 2 is 1.81 bits per heavy atom. The number of esters is 1. The van der Waals surface area contributed by atoms with Crippen molar-refractivity contribution in [3.8, 4) is 0 Å². The maximum atomic E-state index is 13.6. The van der Waals surface area contributed by atoms with Crippen molar-refractivity contribution >= 4 is 17.8 Å². The Morgan fingerprint density at radius 3 is 2.28 bits per heavy atom. The SMILES string of the molecule is CCOC(=O)C(C)=C[C@H](C(C)C)N(C)C(=O)[C@@H](NC(=O)[C@@H]1CC[C@H](C)CN1C)C(C)(C)C. The third kappa shape index (κ3) is 7.61. The van der Waals surface area contributed by atoms with E-state index in [-0.39, 0.29) is 35.8 Å². The van der Waals surface area contributed by atoms with Gasteiger partial charge >= 0.3 is 5.97 Å². The van der Waals surface area contributed by atoms with Gasteiger partial charge < -0.3 is 15.0 Å². The van der Waals surface area contributed by atoms with Crippen molar-refractivity contribution in [2.75, 3.05) is 27.2 Å². The van der Waals surface area contributed by atoms with Gasteiger partial charge in [0.15, 0.2) is 0 Å². The smallest absolute Gasteiger partial charge is 0.333 e. The molecule has 7 nitrogen and oxygen atoms in total. The van der Waals surface area contributed by atoms with Crippen LogP contribution in [0.15, 0.2) is 11.6 Å². The number of likely N-dealkylation sites (tertiary alicyclic amines) is 1. The molecule has 0 spiro atoms. The average molecular weight is 452 g/mol. The molecule has 0 aromatic heterocycles. The Labute approximate surface area is 194 Å². The summed E-state index contributed by atoms with van der Waals surface area (Å²) in [4.78, 5) is 42.6. The van der Waals surface area contributed by atoms with Crippen LogP contribution in [0.4, 0.5) is 0 Å². The van der Waals surface area contributed by atoms with Gasteiger partial charge in [0, 0.05) is 19.2 Å². The van der Waals surface area contributed by atoms with Gasteiger partial charge in [-0.3, -0.25) is 14.5 Å². The van der Waals surface area contributed by atoms with Crippen molar-refractivity contribution in [1.82, 2.24) is 15.1 Å². The maximum absolute atomic E-state index is 13.6. The minimum atomic E-state index is -0.676. The van der Waals surface area contributed by atoms with E-state index in [9.17, 15) is 14.4 Å². The first kappa shape index (κ1) is 28.1. The molecule has 0 aliphatic carbocycles. The molecule has 1 saturated heterocycles. The number of ether oxygens (including phenoxy) is 1. The molecule has 0 bridgehead atoms. The van der Waals surface area contributed by atoms with Crippen molar-refractivity contribution in [2.45, 2.75) is 86.4 Å². The third-order valence-corrected chi connectivity index (χ3v) is 6.26. The predicted molar refractivity (Wildman–Crippen MR) is 128 cm³/mol. The highest BCUT2D eigenvalue weighted by Gasteiger charge is 2.39. The van der Waals surface area contributed by atoms with Crippen molar-refractivity contribution in [2.24, 2.45) is 17.3 Å². The van der Waals surface area contributed by atoms with Crippen LogP contribution in [0.1, 0.15) is 68.2 Å². The molecule has 1 rings (SSSR count). The zero-order valence-electron chi connectivity index (χ0n) is 21.8. The van der Waals surface area contributed by atoms with Crippen LogP contribution in [-0.4, -0.2) is 73.0 Å². The molecule has 7 heteroatoms. The standard InChI is InChI=1S/C25H45N3O4/c1-11-32-24(31)18(5)14-20(16(2)3)28(10)23(30)21(25(6,7)8)26-22(29)19-13-12-17(4)15-27(19)9/h14,16-17,19-21H,11-13,15H2,1-10H3,(H,26,29)/t17-,19-,20+,21+/m0/s1. The largest absolute Gasteiger partial charge is 0.463 e. The van der Waals surface area contributed by atoms with Crippen molar-refractivity contribution in [3.63, 3.8) is 0 Å². The average Bonchev–Trinajstić information content (AvgIpc) is 2.67. The van der Waals surface area contributed by atoms with Gasteiger partial charge in [0.1, 0.15) is 6.04 Å². The van der Waals surface area contributed by atoms with E-state index in [1.807, 2.05) is 41.7 Å². The molecule has 0 unspecified atom stereocenters. The summed E-state index contributed by atoms with van der Waals surface area (Å²) < 4.78 is 5.09. The molecule has 1 aliphatic rings. The Bertz CT molecular complexity index is 696. The summed E-state index contributed by atoms with van der Waals surface area (Å²) in [6.45, 7) is 16.7. The van der Waals surface area contributed by atoms with Crippen LogP contribution in [-0.2, 0) is 19.1 Å². The summed E-state index contributed by atoms with van der Waals surface area (Å²) in [6, 6.07) is -1.20. The molecule has 0 saturated carbocycles. The van der Waals surface area contributed by atoms with Crippen LogP contribution in [0.25, 0.3) is 0 Å². The van der Waals surface area contributed by atoms with Gasteiger partial charge in [0.2, 0.25) is 11.8 Å². The molecule has 0 radical (unpaired) electrons. The van der Waals surface area contributed by atoms with Crippen LogP contribution in [0.2, 0.25) is 0 Å². The second-order valence-corrected chi connectivity index (χ2v) is 10.7. The number of carbonyl (C=O) groups is 3. The fourth-order valence-corrected chi connectivity index (χ4v) is 4.26. The lowest BCUT2D eigenvalue weighted by Gasteiger charge is -2.40. The summed E-state index contributed by atoms with van der Waals surface area (Å²) in [6.07, 6.45) is 3.59. The molecule has 4 atom stereocenters. The topological polar surface area (TPSA) is 79.0 Å². The summed E-state index contributed by atoms with van der Waals surface area (Å²) >= 11 is 0. The predicted octanol–water partition coefficient (Wildman–Crippen LogP) is 3.24. The van der Waals surface area contributed by atoms with Gasteiger partial charge in [-0.15, -0.1) is 0 Å². The molecule has 1 N–H and O–H groups in total. The Kier molecular flexibility index (Phi) is 10.4. The number of nitrogens with one attached hydrogen (secondary N) is 1. The molecule has 2 amide bonds. The van der Waals surface area contributed by atoms with Gasteiger partial charge in [0.05, 0.1) is 18.7 Å². The summed E-state index contributed by atoms with van der Waals surface area (Å²) in [5.74, 6) is 0.00556. The van der Waals surface area contributed by atoms with E-state index in [0.29, 0.717) is 18.1 Å². The quantitative estimate of drug-likeness (QED) is 0.453. The molecule has 32 heavy (non-hydrogen) atoms. The van der Waals surface area contributed by atoms with E-state index in [2.05, 4.69) is 17.1 Å². The lowest BCUT2D eigenvalue weighted by molar-refractivity contribution is -0.142. The summed E-state index contributed by atoms with van der Waals surface area (Å²) in [7, 11) is 3.71. The van der Waals surface area contributed by atoms with Gasteiger partial charge in [0.25, 0.3) is 0 Å². The number of piperidine rings is 1. The van der Waals surface area contributed by atoms with E-state index in [0.717, 1.165) is 19.4 Å². The fraction of sp³-hybridized carbons (Fsp3) is 0.800. The third-order valence-electron chi connectivity index (χ3n) is 6.26. The minimum absolute atomic E-state index is 0.0793. The van der Waals surface area contributed by atoms with Crippen LogP contribution in [0.3, 0.4) is 0 Å². The normalized spacial score (nSPS) is 22.3. The molecular formula is C25H45N3O4. The Hall–Kier alpha value is -1.89. The molecule has 0 aromatic rings. The van der Waals surface area contributed by atoms with Crippen molar-refractivity contribution in [1.29, 1.82) is 0 Å². The molecule has 0 aromatic carbocycles. The number of rotatable bonds is 8. The van der Waals surface area contributed by atoms with Crippen LogP contribution in [0, 0.1) is 17.3 Å². The lowest BCUT2D eigenvalue weighted by Crippen LogP contribution is -2.60. The van der Waals surface area contributed by atoms with Crippen molar-refractivity contribution < 1.29 is 19.1 Å². The number of carbonyl (C=O) groups excluding carboxylic acids is 3.